The van der Waals surface area contributed by atoms with E-state index in [2.05, 4.69) is 4.98 Å². The summed E-state index contributed by atoms with van der Waals surface area (Å²) in [5.41, 5.74) is -0.458. The van der Waals surface area contributed by atoms with E-state index in [1.165, 1.54) is 12.1 Å². The van der Waals surface area contributed by atoms with Gasteiger partial charge in [0.15, 0.2) is 5.58 Å². The van der Waals surface area contributed by atoms with Crippen LogP contribution >= 0.6 is 0 Å². The smallest absolute Gasteiger partial charge is 0.338 e. The van der Waals surface area contributed by atoms with Crippen molar-refractivity contribution >= 4 is 22.9 Å². The van der Waals surface area contributed by atoms with Crippen LogP contribution in [-0.2, 0) is 9.53 Å². The number of phenolic OH excluding ortho intramolecular Hbond substituents is 2. The summed E-state index contributed by atoms with van der Waals surface area (Å²) in [6.45, 7) is 8.70. The second-order valence-corrected chi connectivity index (χ2v) is 8.92. The van der Waals surface area contributed by atoms with Crippen molar-refractivity contribution in [1.29, 1.82) is 0 Å². The number of oxazole rings is 1. The highest BCUT2D eigenvalue weighted by molar-refractivity contribution is 5.93. The minimum atomic E-state index is -0.879. The van der Waals surface area contributed by atoms with E-state index >= 15 is 0 Å². The highest BCUT2D eigenvalue weighted by atomic mass is 16.5. The summed E-state index contributed by atoms with van der Waals surface area (Å²) in [5.74, 6) is -1.53. The van der Waals surface area contributed by atoms with Gasteiger partial charge in [-0.05, 0) is 38.1 Å². The average molecular weight is 411 g/mol. The fourth-order valence-electron chi connectivity index (χ4n) is 3.34. The number of ether oxygens (including phenoxy) is 1. The number of Topliss-reactive ketones (excluding diaryl/α,β-unsaturated/α-hetero) is 1. The molecule has 0 aliphatic carbocycles. The van der Waals surface area contributed by atoms with E-state index in [1.807, 2.05) is 0 Å². The van der Waals surface area contributed by atoms with Crippen LogP contribution < -0.4 is 0 Å². The summed E-state index contributed by atoms with van der Waals surface area (Å²) in [7, 11) is 0. The molecule has 0 unspecified atom stereocenters. The number of rotatable bonds is 5. The molecule has 0 atom stereocenters. The Morgan fingerprint density at radius 1 is 1.03 bits per heavy atom. The fourth-order valence-corrected chi connectivity index (χ4v) is 3.34. The molecule has 3 aromatic rings. The summed E-state index contributed by atoms with van der Waals surface area (Å²) >= 11 is 0. The number of esters is 1. The molecule has 0 saturated carbocycles. The molecule has 2 N–H and O–H groups in total. The summed E-state index contributed by atoms with van der Waals surface area (Å²) in [4.78, 5) is 29.2. The standard InChI is InChI=1S/C23H25NO6/c1-22(2,3)21(28)23(4,5)12-29-20(27)13-10-15(25)18(16(26)11-13)19-24-14-8-6-7-9-17(14)30-19/h6-11,25-26H,12H2,1-5H3. The van der Waals surface area contributed by atoms with Gasteiger partial charge < -0.3 is 19.4 Å². The van der Waals surface area contributed by atoms with Crippen LogP contribution in [0.25, 0.3) is 22.6 Å². The van der Waals surface area contributed by atoms with E-state index in [-0.39, 0.29) is 40.9 Å². The fraction of sp³-hybridized carbons (Fsp3) is 0.348. The third kappa shape index (κ3) is 4.15. The molecule has 0 amide bonds. The van der Waals surface area contributed by atoms with Gasteiger partial charge in [0.1, 0.15) is 35.0 Å². The van der Waals surface area contributed by atoms with Crippen molar-refractivity contribution in [3.63, 3.8) is 0 Å². The summed E-state index contributed by atoms with van der Waals surface area (Å²) in [6.07, 6.45) is 0. The molecule has 0 saturated heterocycles. The Morgan fingerprint density at radius 2 is 1.63 bits per heavy atom. The zero-order valence-corrected chi connectivity index (χ0v) is 17.6. The summed E-state index contributed by atoms with van der Waals surface area (Å²) in [5, 5.41) is 20.8. The molecule has 0 spiro atoms. The maximum atomic E-state index is 12.5. The topological polar surface area (TPSA) is 110 Å². The highest BCUT2D eigenvalue weighted by Crippen LogP contribution is 2.39. The predicted molar refractivity (Wildman–Crippen MR) is 111 cm³/mol. The molecule has 0 aliphatic heterocycles. The summed E-state index contributed by atoms with van der Waals surface area (Å²) < 4.78 is 10.9. The number of para-hydroxylation sites is 2. The van der Waals surface area contributed by atoms with Gasteiger partial charge in [0.05, 0.1) is 11.0 Å². The molecule has 0 fully saturated rings. The number of aromatic nitrogens is 1. The van der Waals surface area contributed by atoms with Crippen LogP contribution in [0.2, 0.25) is 0 Å². The van der Waals surface area contributed by atoms with E-state index in [0.717, 1.165) is 0 Å². The second kappa shape index (κ2) is 7.48. The lowest BCUT2D eigenvalue weighted by Gasteiger charge is -2.30. The van der Waals surface area contributed by atoms with Gasteiger partial charge in [-0.25, -0.2) is 9.78 Å². The van der Waals surface area contributed by atoms with Crippen molar-refractivity contribution in [3.05, 3.63) is 42.0 Å². The lowest BCUT2D eigenvalue weighted by atomic mass is 9.75. The SMILES string of the molecule is CC(C)(C)C(=O)C(C)(C)COC(=O)c1cc(O)c(-c2nc3ccccc3o2)c(O)c1. The van der Waals surface area contributed by atoms with E-state index < -0.39 is 16.8 Å². The third-order valence-corrected chi connectivity index (χ3v) is 4.70. The van der Waals surface area contributed by atoms with Gasteiger partial charge in [-0.2, -0.15) is 0 Å². The van der Waals surface area contributed by atoms with Gasteiger partial charge in [-0.3, -0.25) is 4.79 Å². The molecule has 0 bridgehead atoms. The van der Waals surface area contributed by atoms with Crippen LogP contribution in [0.1, 0.15) is 45.0 Å². The minimum absolute atomic E-state index is 0.0222. The largest absolute Gasteiger partial charge is 0.507 e. The minimum Gasteiger partial charge on any atom is -0.507 e. The highest BCUT2D eigenvalue weighted by Gasteiger charge is 2.37. The van der Waals surface area contributed by atoms with E-state index in [9.17, 15) is 19.8 Å². The second-order valence-electron chi connectivity index (χ2n) is 8.92. The lowest BCUT2D eigenvalue weighted by molar-refractivity contribution is -0.137. The van der Waals surface area contributed by atoms with Crippen LogP contribution in [-0.4, -0.2) is 33.6 Å². The number of benzene rings is 2. The van der Waals surface area contributed by atoms with Crippen molar-refractivity contribution in [1.82, 2.24) is 4.98 Å². The molecular weight excluding hydrogens is 386 g/mol. The molecule has 0 aliphatic rings. The van der Waals surface area contributed by atoms with Crippen molar-refractivity contribution in [2.45, 2.75) is 34.6 Å². The maximum Gasteiger partial charge on any atom is 0.338 e. The monoisotopic (exact) mass is 411 g/mol. The molecule has 0 radical (unpaired) electrons. The van der Waals surface area contributed by atoms with Crippen molar-refractivity contribution in [2.24, 2.45) is 10.8 Å². The first-order chi connectivity index (χ1) is 13.9. The number of fused-ring (bicyclic) bond motifs is 1. The van der Waals surface area contributed by atoms with Crippen LogP contribution in [0.4, 0.5) is 0 Å². The van der Waals surface area contributed by atoms with E-state index in [1.54, 1.807) is 58.9 Å². The van der Waals surface area contributed by atoms with Gasteiger partial charge in [0.25, 0.3) is 0 Å². The van der Waals surface area contributed by atoms with Gasteiger partial charge in [0.2, 0.25) is 5.89 Å². The van der Waals surface area contributed by atoms with Crippen molar-refractivity contribution in [3.8, 4) is 23.0 Å². The van der Waals surface area contributed by atoms with Gasteiger partial charge >= 0.3 is 5.97 Å². The Morgan fingerprint density at radius 3 is 2.20 bits per heavy atom. The van der Waals surface area contributed by atoms with Crippen molar-refractivity contribution < 1.29 is 29.0 Å². The van der Waals surface area contributed by atoms with Crippen molar-refractivity contribution in [2.75, 3.05) is 6.61 Å². The van der Waals surface area contributed by atoms with Gasteiger partial charge in [-0.1, -0.05) is 32.9 Å². The molecule has 2 aromatic carbocycles. The number of carbonyl (C=O) groups is 2. The molecule has 7 nitrogen and oxygen atoms in total. The van der Waals surface area contributed by atoms with E-state index in [4.69, 9.17) is 9.15 Å². The normalized spacial score (nSPS) is 12.2. The molecular formula is C23H25NO6. The van der Waals surface area contributed by atoms with Crippen LogP contribution in [0.15, 0.2) is 40.8 Å². The molecule has 1 heterocycles. The number of hydrogen-bond donors (Lipinski definition) is 2. The number of nitrogens with zero attached hydrogens (tertiary/aromatic N) is 1. The summed E-state index contributed by atoms with van der Waals surface area (Å²) in [6, 6.07) is 9.37. The molecule has 158 valence electrons. The third-order valence-electron chi connectivity index (χ3n) is 4.70. The van der Waals surface area contributed by atoms with E-state index in [0.29, 0.717) is 11.1 Å². The average Bonchev–Trinajstić information content (AvgIpc) is 3.07. The zero-order valence-electron chi connectivity index (χ0n) is 17.6. The Hall–Kier alpha value is -3.35. The van der Waals surface area contributed by atoms with Crippen LogP contribution in [0, 0.1) is 10.8 Å². The van der Waals surface area contributed by atoms with Gasteiger partial charge in [-0.15, -0.1) is 0 Å². The Kier molecular flexibility index (Phi) is 5.33. The number of hydrogen-bond acceptors (Lipinski definition) is 7. The van der Waals surface area contributed by atoms with Crippen LogP contribution in [0.3, 0.4) is 0 Å². The number of aromatic hydroxyl groups is 2. The van der Waals surface area contributed by atoms with Crippen LogP contribution in [0.5, 0.6) is 11.5 Å². The molecule has 1 aromatic heterocycles. The zero-order chi connectivity index (χ0) is 22.3. The maximum absolute atomic E-state index is 12.5. The lowest BCUT2D eigenvalue weighted by Crippen LogP contribution is -2.38. The quantitative estimate of drug-likeness (QED) is 0.585. The first kappa shape index (κ1) is 21.4. The molecule has 30 heavy (non-hydrogen) atoms. The Bertz CT molecular complexity index is 1060. The number of phenols is 2. The first-order valence-electron chi connectivity index (χ1n) is 9.54. The predicted octanol–water partition coefficient (Wildman–Crippen LogP) is 4.70. The first-order valence-corrected chi connectivity index (χ1v) is 9.54. The molecule has 3 rings (SSSR count). The Labute approximate surface area is 174 Å². The number of ketones is 1. The molecule has 7 heteroatoms. The number of carbonyl (C=O) groups excluding carboxylic acids is 2. The van der Waals surface area contributed by atoms with Gasteiger partial charge in [0, 0.05) is 5.41 Å². The Balaban J connectivity index is 1.82.